The van der Waals surface area contributed by atoms with Gasteiger partial charge in [0, 0.05) is 24.6 Å². The number of nitrogens with zero attached hydrogens (tertiary/aromatic N) is 1. The van der Waals surface area contributed by atoms with Crippen LogP contribution in [0.3, 0.4) is 0 Å². The number of ether oxygens (including phenoxy) is 1. The highest BCUT2D eigenvalue weighted by atomic mass is 32.2. The predicted octanol–water partition coefficient (Wildman–Crippen LogP) is 3.07. The first-order valence-electron chi connectivity index (χ1n) is 18.1. The smallest absolute Gasteiger partial charge is 0.353 e. The average molecular weight is 725 g/mol. The van der Waals surface area contributed by atoms with E-state index in [1.54, 1.807) is 12.4 Å². The molecule has 14 heteroatoms. The molecule has 2 bridgehead atoms. The number of rotatable bonds is 13. The largest absolute Gasteiger partial charge is 0.480 e. The lowest BCUT2D eigenvalue weighted by Crippen LogP contribution is -2.53. The molecule has 0 aromatic carbocycles. The van der Waals surface area contributed by atoms with Crippen LogP contribution in [0, 0.1) is 29.1 Å². The lowest BCUT2D eigenvalue weighted by atomic mass is 9.60. The Kier molecular flexibility index (Phi) is 11.5. The molecule has 2 heterocycles. The topological polar surface area (TPSA) is 218 Å². The van der Waals surface area contributed by atoms with E-state index in [1.165, 1.54) is 17.3 Å². The molecule has 7 N–H and O–H groups in total. The number of fused-ring (bicyclic) bond motifs is 2. The van der Waals surface area contributed by atoms with Crippen molar-refractivity contribution in [2.24, 2.45) is 34.8 Å². The maximum Gasteiger partial charge on any atom is 0.353 e. The number of aromatic nitrogens is 1. The minimum Gasteiger partial charge on any atom is -0.480 e. The number of aliphatic carboxylic acids is 2. The molecule has 276 valence electrons. The Labute approximate surface area is 301 Å². The molecule has 1 aromatic rings. The van der Waals surface area contributed by atoms with Gasteiger partial charge in [0.05, 0.1) is 5.25 Å². The van der Waals surface area contributed by atoms with Crippen molar-refractivity contribution in [2.75, 3.05) is 5.75 Å². The molecule has 51 heavy (non-hydrogen) atoms. The number of hydrogen-bond acceptors (Lipinski definition) is 10. The van der Waals surface area contributed by atoms with Crippen LogP contribution >= 0.6 is 11.8 Å². The van der Waals surface area contributed by atoms with Gasteiger partial charge in [-0.1, -0.05) is 37.3 Å². The Balaban J connectivity index is 1.34. The minimum atomic E-state index is -2.19. The predicted molar refractivity (Wildman–Crippen MR) is 187 cm³/mol. The zero-order valence-corrected chi connectivity index (χ0v) is 29.4. The van der Waals surface area contributed by atoms with E-state index >= 15 is 0 Å². The SMILES string of the molecule is N[C@@H](CCC(=O)N[C@@H](CS[C@H]1C2=C3C(CC(Cc4ccncc4)=C[C@@H]3C(=O)O2)CC2CCC(CC2)C12CCCC2)C(=O)N[C@@H](O)C(=O)O)C(=O)O. The summed E-state index contributed by atoms with van der Waals surface area (Å²) in [5.41, 5.74) is 8.78. The number of carboxylic acids is 2. The summed E-state index contributed by atoms with van der Waals surface area (Å²) in [6, 6.07) is 1.45. The fourth-order valence-electron chi connectivity index (χ4n) is 9.31. The number of nitrogens with two attached hydrogens (primary N) is 1. The Bertz CT molecular complexity index is 1570. The van der Waals surface area contributed by atoms with Gasteiger partial charge < -0.3 is 36.4 Å². The number of hydrogen-bond donors (Lipinski definition) is 6. The summed E-state index contributed by atoms with van der Waals surface area (Å²) in [5, 5.41) is 32.7. The van der Waals surface area contributed by atoms with Gasteiger partial charge in [0.25, 0.3) is 0 Å². The number of allylic oxidation sites excluding steroid dienone is 1. The van der Waals surface area contributed by atoms with Crippen LogP contribution in [0.1, 0.15) is 82.6 Å². The van der Waals surface area contributed by atoms with Gasteiger partial charge in [-0.3, -0.25) is 24.2 Å². The molecule has 7 rings (SSSR count). The summed E-state index contributed by atoms with van der Waals surface area (Å²) in [6.45, 7) is 0. The number of thioether (sulfide) groups is 1. The molecule has 0 saturated heterocycles. The second-order valence-electron chi connectivity index (χ2n) is 14.9. The molecule has 0 radical (unpaired) electrons. The number of pyridine rings is 1. The van der Waals surface area contributed by atoms with E-state index in [0.717, 1.165) is 81.8 Å². The summed E-state index contributed by atoms with van der Waals surface area (Å²) in [5.74, 6) is -3.44. The van der Waals surface area contributed by atoms with E-state index in [2.05, 4.69) is 21.7 Å². The van der Waals surface area contributed by atoms with Crippen molar-refractivity contribution in [2.45, 2.75) is 107 Å². The van der Waals surface area contributed by atoms with Crippen molar-refractivity contribution in [3.05, 3.63) is 53.1 Å². The van der Waals surface area contributed by atoms with Crippen molar-refractivity contribution >= 4 is 41.5 Å². The van der Waals surface area contributed by atoms with Gasteiger partial charge in [0.15, 0.2) is 0 Å². The van der Waals surface area contributed by atoms with Gasteiger partial charge in [0.1, 0.15) is 23.8 Å². The van der Waals surface area contributed by atoms with Crippen LogP contribution in [-0.2, 0) is 35.1 Å². The van der Waals surface area contributed by atoms with Crippen molar-refractivity contribution in [1.82, 2.24) is 15.6 Å². The fraction of sp³-hybridized carbons (Fsp3) is 0.622. The Morgan fingerprint density at radius 3 is 2.41 bits per heavy atom. The lowest BCUT2D eigenvalue weighted by molar-refractivity contribution is -0.151. The summed E-state index contributed by atoms with van der Waals surface area (Å²) >= 11 is 1.45. The summed E-state index contributed by atoms with van der Waals surface area (Å²) in [4.78, 5) is 67.0. The van der Waals surface area contributed by atoms with Crippen LogP contribution in [-0.4, -0.2) is 79.3 Å². The molecular weight excluding hydrogens is 676 g/mol. The second-order valence-corrected chi connectivity index (χ2v) is 16.1. The minimum absolute atomic E-state index is 0.00343. The summed E-state index contributed by atoms with van der Waals surface area (Å²) in [7, 11) is 0. The third kappa shape index (κ3) is 8.18. The number of aliphatic hydroxyl groups excluding tert-OH is 1. The zero-order chi connectivity index (χ0) is 36.3. The molecule has 2 amide bonds. The molecule has 2 fully saturated rings. The highest BCUT2D eigenvalue weighted by Crippen LogP contribution is 2.61. The van der Waals surface area contributed by atoms with Gasteiger partial charge >= 0.3 is 17.9 Å². The summed E-state index contributed by atoms with van der Waals surface area (Å²) < 4.78 is 6.36. The van der Waals surface area contributed by atoms with Crippen LogP contribution in [0.15, 0.2) is 47.5 Å². The second kappa shape index (κ2) is 15.9. The third-order valence-corrected chi connectivity index (χ3v) is 13.3. The quantitative estimate of drug-likeness (QED) is 0.0983. The van der Waals surface area contributed by atoms with Gasteiger partial charge in [0.2, 0.25) is 18.0 Å². The first-order chi connectivity index (χ1) is 24.4. The van der Waals surface area contributed by atoms with Crippen LogP contribution in [0.5, 0.6) is 0 Å². The monoisotopic (exact) mass is 724 g/mol. The first kappa shape index (κ1) is 37.0. The number of carboxylic acid groups (broad SMARTS) is 2. The molecule has 5 aliphatic carbocycles. The molecule has 6 atom stereocenters. The number of esters is 1. The number of aliphatic hydroxyl groups is 1. The molecule has 13 nitrogen and oxygen atoms in total. The van der Waals surface area contributed by atoms with Crippen molar-refractivity contribution in [1.29, 1.82) is 0 Å². The Hall–Kier alpha value is -3.75. The molecule has 1 aliphatic heterocycles. The van der Waals surface area contributed by atoms with E-state index in [4.69, 9.17) is 15.6 Å². The third-order valence-electron chi connectivity index (χ3n) is 11.8. The van der Waals surface area contributed by atoms with Crippen LogP contribution in [0.4, 0.5) is 0 Å². The standard InChI is InChI=1S/C37H48N4O9S/c38-26(34(45)46)7-8-28(42)40-27(32(43)41-33(44)35(47)48)19-51-31-30-29-23(16-20-3-5-24(6-4-20)37(31)11-1-2-12-37)17-22(18-25(29)36(49)50-30)15-21-9-13-39-14-10-21/h9-10,13-14,18,20,23-27,31,33,44H,1-8,11-12,15-17,19,38H2,(H,40,42)(H,41,43)(H,45,46)(H,47,48)/t20?,23?,24?,25-,26-,27-,31-,33-/m0/s1. The van der Waals surface area contributed by atoms with Gasteiger partial charge in [-0.15, -0.1) is 11.8 Å². The summed E-state index contributed by atoms with van der Waals surface area (Å²) in [6.07, 6.45) is 13.9. The van der Waals surface area contributed by atoms with E-state index in [0.29, 0.717) is 17.6 Å². The maximum absolute atomic E-state index is 13.8. The highest BCUT2D eigenvalue weighted by Gasteiger charge is 2.55. The highest BCUT2D eigenvalue weighted by molar-refractivity contribution is 8.00. The van der Waals surface area contributed by atoms with E-state index < -0.39 is 48.0 Å². The van der Waals surface area contributed by atoms with Crippen LogP contribution in [0.2, 0.25) is 0 Å². The zero-order valence-electron chi connectivity index (χ0n) is 28.6. The van der Waals surface area contributed by atoms with E-state index in [1.807, 2.05) is 12.1 Å². The molecule has 6 aliphatic rings. The van der Waals surface area contributed by atoms with Crippen molar-refractivity contribution < 1.29 is 44.0 Å². The number of carbonyl (C=O) groups excluding carboxylic acids is 3. The molecule has 1 unspecified atom stereocenters. The number of nitrogens with one attached hydrogen (secondary N) is 2. The van der Waals surface area contributed by atoms with Gasteiger partial charge in [-0.2, -0.15) is 0 Å². The Morgan fingerprint density at radius 1 is 1.04 bits per heavy atom. The van der Waals surface area contributed by atoms with E-state index in [9.17, 15) is 34.2 Å². The number of amides is 2. The van der Waals surface area contributed by atoms with Crippen LogP contribution in [0.25, 0.3) is 0 Å². The Morgan fingerprint density at radius 2 is 1.75 bits per heavy atom. The molecule has 1 spiro atoms. The molecular formula is C37H48N4O9S. The fourth-order valence-corrected chi connectivity index (χ4v) is 11.0. The molecule has 1 aromatic heterocycles. The first-order valence-corrected chi connectivity index (χ1v) is 19.1. The number of carbonyl (C=O) groups is 5. The normalized spacial score (nSPS) is 28.2. The van der Waals surface area contributed by atoms with E-state index in [-0.39, 0.29) is 41.1 Å². The maximum atomic E-state index is 13.8. The lowest BCUT2D eigenvalue weighted by Gasteiger charge is -2.48. The van der Waals surface area contributed by atoms with Crippen LogP contribution < -0.4 is 16.4 Å². The van der Waals surface area contributed by atoms with Gasteiger partial charge in [-0.05, 0) is 97.8 Å². The van der Waals surface area contributed by atoms with Gasteiger partial charge in [-0.25, -0.2) is 4.79 Å². The molecule has 2 saturated carbocycles. The average Bonchev–Trinajstić information content (AvgIpc) is 3.73. The van der Waals surface area contributed by atoms with Crippen molar-refractivity contribution in [3.8, 4) is 0 Å². The van der Waals surface area contributed by atoms with Crippen molar-refractivity contribution in [3.63, 3.8) is 0 Å².